The summed E-state index contributed by atoms with van der Waals surface area (Å²) in [5, 5.41) is 9.95. The summed E-state index contributed by atoms with van der Waals surface area (Å²) in [6.07, 6.45) is 4.59. The maximum absolute atomic E-state index is 13.2. The number of aliphatic imine (C=N–C) groups is 1. The molecule has 1 aliphatic carbocycles. The number of benzene rings is 1. The second-order valence-electron chi connectivity index (χ2n) is 4.44. The summed E-state index contributed by atoms with van der Waals surface area (Å²) in [6.45, 7) is 0. The number of ether oxygens (including phenoxy) is 1. The second-order valence-corrected chi connectivity index (χ2v) is 4.44. The Balaban J connectivity index is 2.64. The molecule has 2 rings (SSSR count). The zero-order chi connectivity index (χ0) is 13.2. The van der Waals surface area contributed by atoms with E-state index < -0.39 is 11.4 Å². The predicted molar refractivity (Wildman–Crippen MR) is 62.9 cm³/mol. The molecule has 0 unspecified atom stereocenters. The Kier molecular flexibility index (Phi) is 3.34. The van der Waals surface area contributed by atoms with Gasteiger partial charge in [-0.3, -0.25) is 0 Å². The molecule has 1 aromatic rings. The third-order valence-electron chi connectivity index (χ3n) is 3.42. The van der Waals surface area contributed by atoms with E-state index in [1.165, 1.54) is 13.2 Å². The molecule has 0 amide bonds. The predicted octanol–water partition coefficient (Wildman–Crippen LogP) is 2.65. The first kappa shape index (κ1) is 12.6. The van der Waals surface area contributed by atoms with Crippen LogP contribution in [0.3, 0.4) is 0 Å². The summed E-state index contributed by atoms with van der Waals surface area (Å²) in [5.41, 5.74) is -0.447. The topological polar surface area (TPSA) is 58.9 Å². The molecule has 18 heavy (non-hydrogen) atoms. The lowest BCUT2D eigenvalue weighted by Crippen LogP contribution is -2.20. The number of phenols is 1. The monoisotopic (exact) mass is 251 g/mol. The summed E-state index contributed by atoms with van der Waals surface area (Å²) >= 11 is 0. The molecule has 4 nitrogen and oxygen atoms in total. The molecule has 0 radical (unpaired) electrons. The highest BCUT2D eigenvalue weighted by Gasteiger charge is 2.40. The van der Waals surface area contributed by atoms with Gasteiger partial charge in [-0.05, 0) is 12.8 Å². The van der Waals surface area contributed by atoms with Crippen LogP contribution in [0.4, 0.5) is 4.39 Å². The zero-order valence-electron chi connectivity index (χ0n) is 10.1. The molecule has 0 saturated heterocycles. The van der Waals surface area contributed by atoms with Crippen molar-refractivity contribution in [3.05, 3.63) is 23.5 Å². The Morgan fingerprint density at radius 1 is 1.44 bits per heavy atom. The molecular formula is C13H14FNO3. The van der Waals surface area contributed by atoms with Gasteiger partial charge in [0.2, 0.25) is 6.08 Å². The molecular weight excluding hydrogens is 237 g/mol. The molecule has 0 heterocycles. The minimum Gasteiger partial charge on any atom is -0.507 e. The van der Waals surface area contributed by atoms with Crippen LogP contribution in [0.1, 0.15) is 31.2 Å². The smallest absolute Gasteiger partial charge is 0.235 e. The van der Waals surface area contributed by atoms with Gasteiger partial charge in [-0.2, -0.15) is 4.99 Å². The van der Waals surface area contributed by atoms with Gasteiger partial charge in [0.05, 0.1) is 12.7 Å². The van der Waals surface area contributed by atoms with Gasteiger partial charge < -0.3 is 9.84 Å². The molecule has 0 aromatic heterocycles. The van der Waals surface area contributed by atoms with Crippen molar-refractivity contribution in [1.82, 2.24) is 0 Å². The Hall–Kier alpha value is -1.87. The van der Waals surface area contributed by atoms with E-state index in [0.29, 0.717) is 18.4 Å². The Morgan fingerprint density at radius 2 is 2.11 bits per heavy atom. The van der Waals surface area contributed by atoms with Crippen molar-refractivity contribution in [3.63, 3.8) is 0 Å². The van der Waals surface area contributed by atoms with Gasteiger partial charge in [0.25, 0.3) is 0 Å². The van der Waals surface area contributed by atoms with Gasteiger partial charge in [-0.25, -0.2) is 9.18 Å². The van der Waals surface area contributed by atoms with Gasteiger partial charge in [0, 0.05) is 12.1 Å². The minimum atomic E-state index is -0.828. The van der Waals surface area contributed by atoms with Crippen LogP contribution in [-0.4, -0.2) is 18.3 Å². The van der Waals surface area contributed by atoms with E-state index >= 15 is 0 Å². The Morgan fingerprint density at radius 3 is 2.67 bits per heavy atom. The molecule has 1 aromatic carbocycles. The Bertz CT molecular complexity index is 503. The fourth-order valence-corrected chi connectivity index (χ4v) is 2.66. The van der Waals surface area contributed by atoms with E-state index in [1.54, 1.807) is 6.08 Å². The lowest BCUT2D eigenvalue weighted by Gasteiger charge is -2.25. The van der Waals surface area contributed by atoms with Crippen LogP contribution >= 0.6 is 0 Å². The molecule has 1 aliphatic rings. The van der Waals surface area contributed by atoms with Crippen LogP contribution in [0.15, 0.2) is 17.1 Å². The van der Waals surface area contributed by atoms with Crippen LogP contribution in [0.5, 0.6) is 11.5 Å². The third-order valence-corrected chi connectivity index (χ3v) is 3.42. The van der Waals surface area contributed by atoms with Gasteiger partial charge in [-0.15, -0.1) is 0 Å². The SMILES string of the molecule is COc1cc(F)cc(O)c1C1(N=C=O)CCCC1. The number of phenolic OH excluding ortho intramolecular Hbond substituents is 1. The van der Waals surface area contributed by atoms with E-state index in [9.17, 15) is 14.3 Å². The van der Waals surface area contributed by atoms with Gasteiger partial charge in [0.1, 0.15) is 22.9 Å². The van der Waals surface area contributed by atoms with Crippen molar-refractivity contribution in [2.75, 3.05) is 7.11 Å². The number of hydrogen-bond acceptors (Lipinski definition) is 4. The van der Waals surface area contributed by atoms with Crippen molar-refractivity contribution in [2.45, 2.75) is 31.2 Å². The molecule has 1 fully saturated rings. The van der Waals surface area contributed by atoms with Crippen molar-refractivity contribution < 1.29 is 19.0 Å². The molecule has 0 atom stereocenters. The van der Waals surface area contributed by atoms with Gasteiger partial charge in [0.15, 0.2) is 0 Å². The molecule has 1 saturated carbocycles. The summed E-state index contributed by atoms with van der Waals surface area (Å²) in [6, 6.07) is 2.20. The summed E-state index contributed by atoms with van der Waals surface area (Å²) in [7, 11) is 1.39. The quantitative estimate of drug-likeness (QED) is 0.663. The number of aromatic hydroxyl groups is 1. The standard InChI is InChI=1S/C13H14FNO3/c1-18-11-7-9(14)6-10(17)12(11)13(15-8-16)4-2-3-5-13/h6-7,17H,2-5H2,1H3. The number of halogens is 1. The summed E-state index contributed by atoms with van der Waals surface area (Å²) < 4.78 is 18.3. The van der Waals surface area contributed by atoms with Crippen molar-refractivity contribution in [3.8, 4) is 11.5 Å². The zero-order valence-corrected chi connectivity index (χ0v) is 10.1. The second kappa shape index (κ2) is 4.78. The first-order valence-electron chi connectivity index (χ1n) is 5.79. The summed E-state index contributed by atoms with van der Waals surface area (Å²) in [4.78, 5) is 14.5. The highest BCUT2D eigenvalue weighted by Crippen LogP contribution is 2.49. The van der Waals surface area contributed by atoms with E-state index in [-0.39, 0.29) is 11.5 Å². The average Bonchev–Trinajstić information content (AvgIpc) is 2.77. The van der Waals surface area contributed by atoms with E-state index in [0.717, 1.165) is 18.9 Å². The molecule has 0 bridgehead atoms. The van der Waals surface area contributed by atoms with Crippen LogP contribution < -0.4 is 4.74 Å². The normalized spacial score (nSPS) is 17.2. The molecule has 96 valence electrons. The maximum atomic E-state index is 13.2. The van der Waals surface area contributed by atoms with Crippen molar-refractivity contribution >= 4 is 6.08 Å². The molecule has 1 N–H and O–H groups in total. The number of hydrogen-bond donors (Lipinski definition) is 1. The van der Waals surface area contributed by atoms with Gasteiger partial charge in [-0.1, -0.05) is 12.8 Å². The van der Waals surface area contributed by atoms with Crippen LogP contribution in [0.25, 0.3) is 0 Å². The first-order valence-corrected chi connectivity index (χ1v) is 5.79. The highest BCUT2D eigenvalue weighted by atomic mass is 19.1. The average molecular weight is 251 g/mol. The largest absolute Gasteiger partial charge is 0.507 e. The maximum Gasteiger partial charge on any atom is 0.235 e. The summed E-state index contributed by atoms with van der Waals surface area (Å²) in [5.74, 6) is -0.600. The molecule has 0 aliphatic heterocycles. The fraction of sp³-hybridized carbons (Fsp3) is 0.462. The molecule has 0 spiro atoms. The fourth-order valence-electron chi connectivity index (χ4n) is 2.66. The number of methoxy groups -OCH3 is 1. The van der Waals surface area contributed by atoms with Crippen LogP contribution in [-0.2, 0) is 10.3 Å². The van der Waals surface area contributed by atoms with E-state index in [1.807, 2.05) is 0 Å². The first-order chi connectivity index (χ1) is 8.63. The lowest BCUT2D eigenvalue weighted by atomic mass is 9.87. The highest BCUT2D eigenvalue weighted by molar-refractivity contribution is 5.52. The molecule has 5 heteroatoms. The Labute approximate surface area is 104 Å². The van der Waals surface area contributed by atoms with E-state index in [4.69, 9.17) is 4.74 Å². The van der Waals surface area contributed by atoms with E-state index in [2.05, 4.69) is 4.99 Å². The van der Waals surface area contributed by atoms with Crippen LogP contribution in [0, 0.1) is 5.82 Å². The number of nitrogens with zero attached hydrogens (tertiary/aromatic N) is 1. The third kappa shape index (κ3) is 1.97. The van der Waals surface area contributed by atoms with Crippen molar-refractivity contribution in [2.24, 2.45) is 4.99 Å². The minimum absolute atomic E-state index is 0.216. The van der Waals surface area contributed by atoms with Gasteiger partial charge >= 0.3 is 0 Å². The number of carbonyl (C=O) groups excluding carboxylic acids is 1. The van der Waals surface area contributed by atoms with Crippen molar-refractivity contribution in [1.29, 1.82) is 0 Å². The number of isocyanates is 1. The van der Waals surface area contributed by atoms with Crippen LogP contribution in [0.2, 0.25) is 0 Å². The lowest BCUT2D eigenvalue weighted by molar-refractivity contribution is 0.356. The number of rotatable bonds is 3.